The van der Waals surface area contributed by atoms with Crippen molar-refractivity contribution in [3.8, 4) is 17.0 Å². The van der Waals surface area contributed by atoms with Gasteiger partial charge in [-0.05, 0) is 31.0 Å². The minimum absolute atomic E-state index is 0. The maximum Gasteiger partial charge on any atom is 0.340 e. The van der Waals surface area contributed by atoms with Gasteiger partial charge in [-0.15, -0.1) is 41.3 Å². The molecule has 2 aromatic carbocycles. The van der Waals surface area contributed by atoms with E-state index in [9.17, 15) is 19.6 Å². The molecule has 2 aliphatic carbocycles. The van der Waals surface area contributed by atoms with Gasteiger partial charge in [-0.2, -0.15) is 10.1 Å². The van der Waals surface area contributed by atoms with Gasteiger partial charge < -0.3 is 42.1 Å². The highest BCUT2D eigenvalue weighted by Crippen LogP contribution is 2.44. The van der Waals surface area contributed by atoms with Crippen LogP contribution in [0.15, 0.2) is 35.6 Å². The summed E-state index contributed by atoms with van der Waals surface area (Å²) >= 11 is 5.44. The number of hydrogen-bond acceptors (Lipinski definition) is 11. The molecule has 3 aromatic rings. The molecule has 1 saturated carbocycles. The molecule has 1 heterocycles. The number of nitrogens with zero attached hydrogens (tertiary/aromatic N) is 4. The van der Waals surface area contributed by atoms with E-state index in [1.165, 1.54) is 12.5 Å². The lowest BCUT2D eigenvalue weighted by Crippen LogP contribution is -2.43. The first-order valence-electron chi connectivity index (χ1n) is 15.7. The summed E-state index contributed by atoms with van der Waals surface area (Å²) in [6.07, 6.45) is 5.46. The van der Waals surface area contributed by atoms with Gasteiger partial charge in [0.05, 0.1) is 48.2 Å². The fourth-order valence-electron chi connectivity index (χ4n) is 5.75. The normalized spacial score (nSPS) is 13.1. The zero-order valence-electron chi connectivity index (χ0n) is 27.1. The highest BCUT2D eigenvalue weighted by molar-refractivity contribution is 6.28. The van der Waals surface area contributed by atoms with Crippen LogP contribution in [0.2, 0.25) is 0 Å². The van der Waals surface area contributed by atoms with E-state index in [1.807, 2.05) is 22.9 Å². The smallest absolute Gasteiger partial charge is 0.340 e. The first-order chi connectivity index (χ1) is 22.4. The molecule has 2 aliphatic rings. The molecule has 0 spiro atoms. The molecule has 15 nitrogen and oxygen atoms in total. The molecule has 18 heteroatoms. The van der Waals surface area contributed by atoms with Gasteiger partial charge in [-0.3, -0.25) is 9.48 Å². The van der Waals surface area contributed by atoms with Crippen molar-refractivity contribution in [3.63, 3.8) is 0 Å². The van der Waals surface area contributed by atoms with Crippen LogP contribution in [0, 0.1) is 4.91 Å². The number of benzene rings is 2. The van der Waals surface area contributed by atoms with Gasteiger partial charge in [0.2, 0.25) is 0 Å². The second kappa shape index (κ2) is 22.4. The molecule has 0 aliphatic heterocycles. The van der Waals surface area contributed by atoms with Crippen molar-refractivity contribution < 1.29 is 30.4 Å². The summed E-state index contributed by atoms with van der Waals surface area (Å²) in [7, 11) is 0. The number of nitrogens with one attached hydrogen (secondary N) is 4. The van der Waals surface area contributed by atoms with E-state index in [0.717, 1.165) is 41.6 Å². The first-order valence-corrected chi connectivity index (χ1v) is 16.2. The predicted molar refractivity (Wildman–Crippen MR) is 195 cm³/mol. The van der Waals surface area contributed by atoms with E-state index in [1.54, 1.807) is 6.07 Å². The van der Waals surface area contributed by atoms with Gasteiger partial charge in [0.1, 0.15) is 11.4 Å². The van der Waals surface area contributed by atoms with Crippen LogP contribution in [0.25, 0.3) is 22.2 Å². The van der Waals surface area contributed by atoms with Gasteiger partial charge >= 0.3 is 6.03 Å². The second-order valence-electron chi connectivity index (χ2n) is 11.0. The molecule has 0 saturated heterocycles. The summed E-state index contributed by atoms with van der Waals surface area (Å²) in [6, 6.07) is 8.62. The number of hydrogen-bond donors (Lipinski definition) is 7. The molecule has 274 valence electrons. The number of carbonyl (C=O) groups is 2. The highest BCUT2D eigenvalue weighted by atomic mass is 35.5. The summed E-state index contributed by atoms with van der Waals surface area (Å²) in [4.78, 5) is 35.3. The Morgan fingerprint density at radius 3 is 2.33 bits per heavy atom. The van der Waals surface area contributed by atoms with E-state index in [0.29, 0.717) is 61.8 Å². The standard InChI is InChI=1S/C22H27N5O4.C9H16ClN3O2.2ClH.H2O/c28-12-9-23-6-7-25-15-4-5-16-20-19(15)22(31)18-14(2-1-3-17(18)30)21(20)26-27(16)11-8-24-10-13-29;10-6-7-13(12-15)9(14)11-8-4-2-1-3-5-8;;;/h1-5,23-25,28-30H,6-13H2;8H,1-7H2,(H,11,14);2*1H;1H2. The van der Waals surface area contributed by atoms with Crippen molar-refractivity contribution in [1.29, 1.82) is 0 Å². The van der Waals surface area contributed by atoms with Crippen LogP contribution >= 0.6 is 36.4 Å². The third kappa shape index (κ3) is 11.1. The highest BCUT2D eigenvalue weighted by Gasteiger charge is 2.33. The summed E-state index contributed by atoms with van der Waals surface area (Å²) in [5.74, 6) is -0.0704. The molecular formula is C31H47Cl3N8O7. The van der Waals surface area contributed by atoms with Crippen molar-refractivity contribution in [2.24, 2.45) is 5.29 Å². The number of anilines is 1. The molecule has 9 N–H and O–H groups in total. The number of amides is 2. The maximum absolute atomic E-state index is 13.5. The number of fused-ring (bicyclic) bond motifs is 2. The van der Waals surface area contributed by atoms with Crippen LogP contribution in [0.3, 0.4) is 0 Å². The number of phenols is 1. The monoisotopic (exact) mass is 748 g/mol. The zero-order chi connectivity index (χ0) is 32.9. The van der Waals surface area contributed by atoms with Crippen molar-refractivity contribution in [2.45, 2.75) is 44.7 Å². The van der Waals surface area contributed by atoms with Crippen LogP contribution in [0.5, 0.6) is 5.75 Å². The molecule has 1 fully saturated rings. The van der Waals surface area contributed by atoms with Crippen LogP contribution in [-0.4, -0.2) is 112 Å². The molecular weight excluding hydrogens is 703 g/mol. The number of halogens is 3. The van der Waals surface area contributed by atoms with Gasteiger partial charge in [0.15, 0.2) is 5.78 Å². The van der Waals surface area contributed by atoms with E-state index >= 15 is 0 Å². The number of rotatable bonds is 15. The first kappa shape index (κ1) is 43.7. The van der Waals surface area contributed by atoms with Gasteiger partial charge in [0, 0.05) is 61.3 Å². The molecule has 0 radical (unpaired) electrons. The van der Waals surface area contributed by atoms with E-state index in [2.05, 4.69) is 26.6 Å². The average Bonchev–Trinajstić information content (AvgIpc) is 3.44. The number of aliphatic hydroxyl groups is 2. The maximum atomic E-state index is 13.5. The van der Waals surface area contributed by atoms with Crippen LogP contribution < -0.4 is 21.3 Å². The number of aromatic nitrogens is 2. The lowest BCUT2D eigenvalue weighted by Gasteiger charge is -2.24. The van der Waals surface area contributed by atoms with Crippen LogP contribution in [-0.2, 0) is 6.54 Å². The minimum atomic E-state index is -0.433. The molecule has 2 amide bonds. The molecule has 0 atom stereocenters. The Morgan fingerprint density at radius 1 is 0.980 bits per heavy atom. The molecule has 0 bridgehead atoms. The number of aliphatic hydroxyl groups excluding tert-OH is 2. The summed E-state index contributed by atoms with van der Waals surface area (Å²) in [5.41, 5.74) is 3.63. The fraction of sp³-hybridized carbons (Fsp3) is 0.516. The van der Waals surface area contributed by atoms with E-state index in [-0.39, 0.29) is 79.1 Å². The SMILES string of the molecule is Cl.Cl.O.O=C1c2c(O)cccc2-c2nn(CCNCCO)c3ccc(NCCNCCO)c1c23.O=NN(CCCl)C(=O)NC1CCCCC1. The van der Waals surface area contributed by atoms with Gasteiger partial charge in [0.25, 0.3) is 0 Å². The second-order valence-corrected chi connectivity index (χ2v) is 11.4. The third-order valence-electron chi connectivity index (χ3n) is 7.93. The minimum Gasteiger partial charge on any atom is -0.507 e. The van der Waals surface area contributed by atoms with Crippen molar-refractivity contribution >= 4 is 64.8 Å². The Labute approximate surface area is 302 Å². The fourth-order valence-corrected chi connectivity index (χ4v) is 5.91. The predicted octanol–water partition coefficient (Wildman–Crippen LogP) is 2.80. The largest absolute Gasteiger partial charge is 0.507 e. The zero-order valence-corrected chi connectivity index (χ0v) is 29.5. The number of alkyl halides is 1. The van der Waals surface area contributed by atoms with Gasteiger partial charge in [-0.1, -0.05) is 31.4 Å². The average molecular weight is 750 g/mol. The number of urea groups is 1. The molecule has 49 heavy (non-hydrogen) atoms. The van der Waals surface area contributed by atoms with Gasteiger partial charge in [-0.25, -0.2) is 4.79 Å². The van der Waals surface area contributed by atoms with Crippen molar-refractivity contribution in [2.75, 3.05) is 63.7 Å². The lowest BCUT2D eigenvalue weighted by molar-refractivity contribution is 0.103. The Kier molecular flexibility index (Phi) is 20.0. The summed E-state index contributed by atoms with van der Waals surface area (Å²) < 4.78 is 1.86. The van der Waals surface area contributed by atoms with Crippen molar-refractivity contribution in [3.05, 3.63) is 46.4 Å². The molecule has 1 aromatic heterocycles. The number of ketones is 1. The summed E-state index contributed by atoms with van der Waals surface area (Å²) in [5, 5.41) is 49.6. The number of phenolic OH excluding ortho intramolecular Hbond substituents is 1. The Balaban J connectivity index is 0.000000571. The lowest BCUT2D eigenvalue weighted by atomic mass is 9.86. The topological polar surface area (TPSA) is 225 Å². The quantitative estimate of drug-likeness (QED) is 0.0407. The Hall–Kier alpha value is -3.28. The van der Waals surface area contributed by atoms with Crippen molar-refractivity contribution in [1.82, 2.24) is 30.7 Å². The van der Waals surface area contributed by atoms with E-state index < -0.39 is 6.03 Å². The van der Waals surface area contributed by atoms with E-state index in [4.69, 9.17) is 26.9 Å². The Bertz CT molecular complexity index is 1490. The van der Waals surface area contributed by atoms with Crippen LogP contribution in [0.1, 0.15) is 48.0 Å². The third-order valence-corrected chi connectivity index (χ3v) is 8.10. The molecule has 5 rings (SSSR count). The molecule has 0 unspecified atom stereocenters. The number of carbonyl (C=O) groups excluding carboxylic acids is 2. The number of nitroso groups, excluding NO2 is 1. The summed E-state index contributed by atoms with van der Waals surface area (Å²) in [6.45, 7) is 3.73. The number of aromatic hydroxyl groups is 1. The Morgan fingerprint density at radius 2 is 1.67 bits per heavy atom. The van der Waals surface area contributed by atoms with Crippen LogP contribution in [0.4, 0.5) is 10.5 Å².